The predicted octanol–water partition coefficient (Wildman–Crippen LogP) is 0.209. The first-order chi connectivity index (χ1) is 9.81. The number of aromatic nitrogens is 3. The third-order valence-electron chi connectivity index (χ3n) is 4.83. The molecule has 3 aliphatic rings. The number of hydrogen-bond acceptors (Lipinski definition) is 5. The number of ether oxygens (including phenoxy) is 1. The summed E-state index contributed by atoms with van der Waals surface area (Å²) in [6.45, 7) is 7.15. The van der Waals surface area contributed by atoms with Gasteiger partial charge in [-0.25, -0.2) is 0 Å². The number of hydrogen-bond donors (Lipinski definition) is 0. The Hall–Kier alpha value is -0.980. The van der Waals surface area contributed by atoms with Crippen LogP contribution in [0.15, 0.2) is 0 Å². The van der Waals surface area contributed by atoms with Crippen LogP contribution in [0, 0.1) is 0 Å². The van der Waals surface area contributed by atoms with Crippen LogP contribution >= 0.6 is 0 Å². The van der Waals surface area contributed by atoms with Crippen molar-refractivity contribution in [2.45, 2.75) is 31.3 Å². The normalized spacial score (nSPS) is 28.6. The first-order valence-corrected chi connectivity index (χ1v) is 7.73. The Bertz CT molecular complexity index is 484. The van der Waals surface area contributed by atoms with E-state index in [1.165, 1.54) is 18.7 Å². The lowest BCUT2D eigenvalue weighted by Gasteiger charge is -2.43. The molecule has 1 aliphatic carbocycles. The Balaban J connectivity index is 1.41. The zero-order valence-corrected chi connectivity index (χ0v) is 12.2. The Morgan fingerprint density at radius 2 is 2.10 bits per heavy atom. The molecular weight excluding hydrogens is 254 g/mol. The van der Waals surface area contributed by atoms with Crippen molar-refractivity contribution in [3.05, 3.63) is 11.6 Å². The highest BCUT2D eigenvalue weighted by Crippen LogP contribution is 2.38. The summed E-state index contributed by atoms with van der Waals surface area (Å²) >= 11 is 0. The Morgan fingerprint density at radius 3 is 2.95 bits per heavy atom. The fourth-order valence-electron chi connectivity index (χ4n) is 3.36. The maximum atomic E-state index is 5.60. The van der Waals surface area contributed by atoms with Crippen molar-refractivity contribution in [2.75, 3.05) is 39.4 Å². The molecule has 0 N–H and O–H groups in total. The second-order valence-corrected chi connectivity index (χ2v) is 6.31. The lowest BCUT2D eigenvalue weighted by molar-refractivity contribution is -0.0467. The molecule has 2 aliphatic heterocycles. The average Bonchev–Trinajstić information content (AvgIpc) is 3.25. The van der Waals surface area contributed by atoms with Crippen LogP contribution in [0.2, 0.25) is 0 Å². The minimum absolute atomic E-state index is 0.564. The van der Waals surface area contributed by atoms with E-state index in [0.717, 1.165) is 51.8 Å². The van der Waals surface area contributed by atoms with Gasteiger partial charge in [0.1, 0.15) is 11.6 Å². The van der Waals surface area contributed by atoms with E-state index >= 15 is 0 Å². The third-order valence-corrected chi connectivity index (χ3v) is 4.83. The van der Waals surface area contributed by atoms with E-state index in [1.54, 1.807) is 0 Å². The minimum Gasteiger partial charge on any atom is -0.378 e. The summed E-state index contributed by atoms with van der Waals surface area (Å²) in [5.74, 6) is 2.96. The summed E-state index contributed by atoms with van der Waals surface area (Å²) < 4.78 is 7.81. The van der Waals surface area contributed by atoms with E-state index in [4.69, 9.17) is 4.74 Å². The molecule has 3 fully saturated rings. The lowest BCUT2D eigenvalue weighted by Crippen LogP contribution is -2.57. The molecule has 1 aromatic rings. The fraction of sp³-hybridized carbons (Fsp3) is 0.857. The van der Waals surface area contributed by atoms with Crippen LogP contribution in [-0.2, 0) is 18.3 Å². The smallest absolute Gasteiger partial charge is 0.146 e. The molecule has 20 heavy (non-hydrogen) atoms. The molecular formula is C14H23N5O. The van der Waals surface area contributed by atoms with E-state index in [-0.39, 0.29) is 0 Å². The highest BCUT2D eigenvalue weighted by Gasteiger charge is 2.32. The van der Waals surface area contributed by atoms with Gasteiger partial charge in [-0.1, -0.05) is 0 Å². The molecule has 4 rings (SSSR count). The van der Waals surface area contributed by atoms with Gasteiger partial charge in [-0.15, -0.1) is 10.2 Å². The number of fused-ring (bicyclic) bond motifs is 1. The second kappa shape index (κ2) is 5.09. The van der Waals surface area contributed by atoms with Crippen LogP contribution in [0.25, 0.3) is 0 Å². The zero-order valence-electron chi connectivity index (χ0n) is 12.2. The fourth-order valence-corrected chi connectivity index (χ4v) is 3.36. The van der Waals surface area contributed by atoms with E-state index in [9.17, 15) is 0 Å². The zero-order chi connectivity index (χ0) is 13.5. The Morgan fingerprint density at radius 1 is 1.20 bits per heavy atom. The van der Waals surface area contributed by atoms with Gasteiger partial charge in [0, 0.05) is 45.2 Å². The SMILES string of the molecule is Cn1c(CN2CCN3CCOCC3C2)nnc1C1CC1. The van der Waals surface area contributed by atoms with Gasteiger partial charge in [0.15, 0.2) is 0 Å². The van der Waals surface area contributed by atoms with Crippen LogP contribution in [0.4, 0.5) is 0 Å². The molecule has 0 aromatic carbocycles. The van der Waals surface area contributed by atoms with Crippen molar-refractivity contribution in [1.29, 1.82) is 0 Å². The first kappa shape index (κ1) is 12.7. The standard InChI is InChI=1S/C14H23N5O/c1-17-13(15-16-14(17)11-2-3-11)9-18-4-5-19-6-7-20-10-12(19)8-18/h11-12H,2-10H2,1H3. The van der Waals surface area contributed by atoms with Gasteiger partial charge in [0.2, 0.25) is 0 Å². The van der Waals surface area contributed by atoms with Crippen molar-refractivity contribution in [3.63, 3.8) is 0 Å². The monoisotopic (exact) mass is 277 g/mol. The summed E-state index contributed by atoms with van der Waals surface area (Å²) in [7, 11) is 2.11. The molecule has 1 saturated carbocycles. The summed E-state index contributed by atoms with van der Waals surface area (Å²) in [5, 5.41) is 8.78. The van der Waals surface area contributed by atoms with Crippen LogP contribution < -0.4 is 0 Å². The predicted molar refractivity (Wildman–Crippen MR) is 74.4 cm³/mol. The van der Waals surface area contributed by atoms with Gasteiger partial charge in [-0.05, 0) is 12.8 Å². The average molecular weight is 277 g/mol. The quantitative estimate of drug-likeness (QED) is 0.790. The summed E-state index contributed by atoms with van der Waals surface area (Å²) in [6, 6.07) is 0.564. The maximum Gasteiger partial charge on any atom is 0.146 e. The molecule has 1 atom stereocenters. The van der Waals surface area contributed by atoms with Gasteiger partial charge < -0.3 is 9.30 Å². The molecule has 6 nitrogen and oxygen atoms in total. The molecule has 0 bridgehead atoms. The third kappa shape index (κ3) is 2.36. The van der Waals surface area contributed by atoms with E-state index in [2.05, 4.69) is 31.6 Å². The van der Waals surface area contributed by atoms with Gasteiger partial charge in [-0.2, -0.15) is 0 Å². The molecule has 110 valence electrons. The molecule has 3 heterocycles. The number of rotatable bonds is 3. The molecule has 2 saturated heterocycles. The van der Waals surface area contributed by atoms with Gasteiger partial charge in [0.25, 0.3) is 0 Å². The topological polar surface area (TPSA) is 46.4 Å². The summed E-state index contributed by atoms with van der Waals surface area (Å²) in [5.41, 5.74) is 0. The van der Waals surface area contributed by atoms with Crippen molar-refractivity contribution in [2.24, 2.45) is 7.05 Å². The van der Waals surface area contributed by atoms with Gasteiger partial charge >= 0.3 is 0 Å². The van der Waals surface area contributed by atoms with E-state index in [1.807, 2.05) is 0 Å². The van der Waals surface area contributed by atoms with Crippen molar-refractivity contribution in [1.82, 2.24) is 24.6 Å². The van der Waals surface area contributed by atoms with Gasteiger partial charge in [0.05, 0.1) is 19.8 Å². The van der Waals surface area contributed by atoms with Crippen molar-refractivity contribution < 1.29 is 4.74 Å². The number of morpholine rings is 1. The maximum absolute atomic E-state index is 5.60. The summed E-state index contributed by atoms with van der Waals surface area (Å²) in [4.78, 5) is 5.06. The second-order valence-electron chi connectivity index (χ2n) is 6.31. The first-order valence-electron chi connectivity index (χ1n) is 7.73. The number of nitrogens with zero attached hydrogens (tertiary/aromatic N) is 5. The van der Waals surface area contributed by atoms with Crippen LogP contribution in [0.5, 0.6) is 0 Å². The molecule has 0 radical (unpaired) electrons. The van der Waals surface area contributed by atoms with Crippen molar-refractivity contribution >= 4 is 0 Å². The number of piperazine rings is 1. The highest BCUT2D eigenvalue weighted by atomic mass is 16.5. The molecule has 1 aromatic heterocycles. The molecule has 6 heteroatoms. The Kier molecular flexibility index (Phi) is 3.24. The van der Waals surface area contributed by atoms with Crippen LogP contribution in [0.3, 0.4) is 0 Å². The molecule has 0 amide bonds. The van der Waals surface area contributed by atoms with Crippen LogP contribution in [0.1, 0.15) is 30.4 Å². The van der Waals surface area contributed by atoms with Crippen molar-refractivity contribution in [3.8, 4) is 0 Å². The largest absolute Gasteiger partial charge is 0.378 e. The van der Waals surface area contributed by atoms with Crippen LogP contribution in [-0.4, -0.2) is 70.0 Å². The highest BCUT2D eigenvalue weighted by molar-refractivity contribution is 5.08. The van der Waals surface area contributed by atoms with Gasteiger partial charge in [-0.3, -0.25) is 9.80 Å². The summed E-state index contributed by atoms with van der Waals surface area (Å²) in [6.07, 6.45) is 2.56. The minimum atomic E-state index is 0.564. The molecule has 0 spiro atoms. The Labute approximate surface area is 119 Å². The molecule has 1 unspecified atom stereocenters. The van der Waals surface area contributed by atoms with E-state index in [0.29, 0.717) is 12.0 Å². The lowest BCUT2D eigenvalue weighted by atomic mass is 10.1. The van der Waals surface area contributed by atoms with E-state index < -0.39 is 0 Å².